The van der Waals surface area contributed by atoms with Gasteiger partial charge >= 0.3 is 7.60 Å². The van der Waals surface area contributed by atoms with Crippen molar-refractivity contribution in [1.82, 2.24) is 10.2 Å². The largest absolute Gasteiger partial charge is 0.480 e. The molecule has 0 atom stereocenters. The maximum Gasteiger partial charge on any atom is 0.330 e. The summed E-state index contributed by atoms with van der Waals surface area (Å²) in [7, 11) is -2.82. The molecule has 0 aromatic carbocycles. The van der Waals surface area contributed by atoms with Gasteiger partial charge in [-0.15, -0.1) is 10.2 Å². The van der Waals surface area contributed by atoms with E-state index in [1.54, 1.807) is 0 Å². The second kappa shape index (κ2) is 4.23. The molecule has 0 saturated carbocycles. The number of hydrogen-bond acceptors (Lipinski definition) is 4. The molecule has 0 unspecified atom stereocenters. The molecule has 0 fully saturated rings. The fourth-order valence-electron chi connectivity index (χ4n) is 0.899. The Hall–Kier alpha value is -0.680. The second-order valence-corrected chi connectivity index (χ2v) is 4.56. The van der Waals surface area contributed by atoms with Crippen LogP contribution in [0.25, 0.3) is 0 Å². The molecule has 0 aliphatic heterocycles. The lowest BCUT2D eigenvalue weighted by Gasteiger charge is -2.07. The van der Waals surface area contributed by atoms with E-state index in [4.69, 9.17) is 26.1 Å². The van der Waals surface area contributed by atoms with E-state index < -0.39 is 13.8 Å². The SMILES string of the molecule is COc1nnc(Cl)cc1CP(=O)(O)O. The summed E-state index contributed by atoms with van der Waals surface area (Å²) in [6.45, 7) is 0. The molecule has 1 aromatic rings. The third-order valence-electron chi connectivity index (χ3n) is 1.37. The normalized spacial score (nSPS) is 11.4. The molecular formula is C6H8ClN2O4P. The number of methoxy groups -OCH3 is 1. The average molecular weight is 239 g/mol. The van der Waals surface area contributed by atoms with Crippen molar-refractivity contribution in [3.05, 3.63) is 16.8 Å². The van der Waals surface area contributed by atoms with Gasteiger partial charge in [-0.3, -0.25) is 4.57 Å². The number of hydrogen-bond donors (Lipinski definition) is 2. The lowest BCUT2D eigenvalue weighted by molar-refractivity contribution is 0.364. The molecule has 0 saturated heterocycles. The monoisotopic (exact) mass is 238 g/mol. The van der Waals surface area contributed by atoms with E-state index in [0.29, 0.717) is 0 Å². The maximum absolute atomic E-state index is 10.7. The van der Waals surface area contributed by atoms with Crippen LogP contribution in [0.4, 0.5) is 0 Å². The minimum absolute atomic E-state index is 0.0641. The third kappa shape index (κ3) is 3.23. The summed E-state index contributed by atoms with van der Waals surface area (Å²) < 4.78 is 15.5. The lowest BCUT2D eigenvalue weighted by atomic mass is 10.3. The van der Waals surface area contributed by atoms with E-state index >= 15 is 0 Å². The number of rotatable bonds is 3. The summed E-state index contributed by atoms with van der Waals surface area (Å²) in [5.74, 6) is 0.0673. The Morgan fingerprint density at radius 3 is 2.71 bits per heavy atom. The van der Waals surface area contributed by atoms with Crippen molar-refractivity contribution in [2.75, 3.05) is 7.11 Å². The van der Waals surface area contributed by atoms with Crippen LogP contribution in [0, 0.1) is 0 Å². The Balaban J connectivity index is 3.05. The maximum atomic E-state index is 10.7. The molecule has 0 aliphatic carbocycles. The van der Waals surface area contributed by atoms with Crippen molar-refractivity contribution in [2.24, 2.45) is 0 Å². The molecule has 14 heavy (non-hydrogen) atoms. The van der Waals surface area contributed by atoms with Crippen LogP contribution in [0.1, 0.15) is 5.56 Å². The van der Waals surface area contributed by atoms with Gasteiger partial charge < -0.3 is 14.5 Å². The van der Waals surface area contributed by atoms with Gasteiger partial charge in [-0.05, 0) is 6.07 Å². The average Bonchev–Trinajstić information content (AvgIpc) is 2.01. The van der Waals surface area contributed by atoms with Gasteiger partial charge in [0.15, 0.2) is 5.15 Å². The van der Waals surface area contributed by atoms with Gasteiger partial charge in [-0.2, -0.15) is 0 Å². The zero-order valence-electron chi connectivity index (χ0n) is 7.21. The number of nitrogens with zero attached hydrogens (tertiary/aromatic N) is 2. The van der Waals surface area contributed by atoms with Crippen molar-refractivity contribution in [1.29, 1.82) is 0 Å². The highest BCUT2D eigenvalue weighted by Crippen LogP contribution is 2.41. The van der Waals surface area contributed by atoms with Crippen LogP contribution in [0.2, 0.25) is 5.15 Å². The minimum atomic E-state index is -4.15. The molecule has 0 spiro atoms. The first-order chi connectivity index (χ1) is 6.42. The predicted octanol–water partition coefficient (Wildman–Crippen LogP) is 0.816. The Bertz CT molecular complexity index is 380. The third-order valence-corrected chi connectivity index (χ3v) is 2.31. The minimum Gasteiger partial charge on any atom is -0.480 e. The van der Waals surface area contributed by atoms with Gasteiger partial charge in [-0.1, -0.05) is 11.6 Å². The van der Waals surface area contributed by atoms with Crippen molar-refractivity contribution in [3.8, 4) is 5.88 Å². The molecule has 1 heterocycles. The molecule has 0 aliphatic rings. The molecule has 1 aromatic heterocycles. The van der Waals surface area contributed by atoms with Crippen LogP contribution in [0.15, 0.2) is 6.07 Å². The molecule has 6 nitrogen and oxygen atoms in total. The molecule has 78 valence electrons. The Labute approximate surface area is 85.0 Å². The van der Waals surface area contributed by atoms with Gasteiger partial charge in [0.1, 0.15) is 0 Å². The highest BCUT2D eigenvalue weighted by molar-refractivity contribution is 7.50. The second-order valence-electron chi connectivity index (χ2n) is 2.52. The molecule has 8 heteroatoms. The first-order valence-electron chi connectivity index (χ1n) is 3.53. The Morgan fingerprint density at radius 1 is 1.57 bits per heavy atom. The quantitative estimate of drug-likeness (QED) is 0.757. The Kier molecular flexibility index (Phi) is 3.44. The van der Waals surface area contributed by atoms with Gasteiger partial charge in [0.05, 0.1) is 13.3 Å². The summed E-state index contributed by atoms with van der Waals surface area (Å²) in [4.78, 5) is 17.5. The number of ether oxygens (including phenoxy) is 1. The van der Waals surface area contributed by atoms with Gasteiger partial charge in [0, 0.05) is 5.56 Å². The topological polar surface area (TPSA) is 92.5 Å². The van der Waals surface area contributed by atoms with E-state index in [-0.39, 0.29) is 16.6 Å². The van der Waals surface area contributed by atoms with E-state index in [0.717, 1.165) is 0 Å². The first kappa shape index (κ1) is 11.4. The molecule has 1 rings (SSSR count). The summed E-state index contributed by atoms with van der Waals surface area (Å²) in [6, 6.07) is 1.31. The van der Waals surface area contributed by atoms with Crippen LogP contribution >= 0.6 is 19.2 Å². The van der Waals surface area contributed by atoms with E-state index in [1.165, 1.54) is 13.2 Å². The number of aromatic nitrogens is 2. The fourth-order valence-corrected chi connectivity index (χ4v) is 1.74. The van der Waals surface area contributed by atoms with Crippen LogP contribution in [-0.4, -0.2) is 27.1 Å². The van der Waals surface area contributed by atoms with Crippen molar-refractivity contribution >= 4 is 19.2 Å². The standard InChI is InChI=1S/C6H8ClN2O4P/c1-13-6-4(3-14(10,11)12)2-5(7)8-9-6/h2H,3H2,1H3,(H2,10,11,12). The fraction of sp³-hybridized carbons (Fsp3) is 0.333. The highest BCUT2D eigenvalue weighted by atomic mass is 35.5. The smallest absolute Gasteiger partial charge is 0.330 e. The van der Waals surface area contributed by atoms with Gasteiger partial charge in [-0.25, -0.2) is 0 Å². The molecule has 2 N–H and O–H groups in total. The van der Waals surface area contributed by atoms with Crippen LogP contribution in [-0.2, 0) is 10.7 Å². The van der Waals surface area contributed by atoms with Crippen LogP contribution < -0.4 is 4.74 Å². The Morgan fingerprint density at radius 2 is 2.21 bits per heavy atom. The van der Waals surface area contributed by atoms with E-state index in [9.17, 15) is 4.57 Å². The summed E-state index contributed by atoms with van der Waals surface area (Å²) in [6.07, 6.45) is -0.467. The summed E-state index contributed by atoms with van der Waals surface area (Å²) >= 11 is 5.52. The summed E-state index contributed by atoms with van der Waals surface area (Å²) in [5, 5.41) is 7.08. The zero-order valence-corrected chi connectivity index (χ0v) is 8.87. The van der Waals surface area contributed by atoms with Gasteiger partial charge in [0.25, 0.3) is 0 Å². The van der Waals surface area contributed by atoms with Crippen LogP contribution in [0.5, 0.6) is 5.88 Å². The van der Waals surface area contributed by atoms with E-state index in [2.05, 4.69) is 10.2 Å². The number of halogens is 1. The molecule has 0 amide bonds. The first-order valence-corrected chi connectivity index (χ1v) is 5.70. The van der Waals surface area contributed by atoms with Gasteiger partial charge in [0.2, 0.25) is 5.88 Å². The van der Waals surface area contributed by atoms with E-state index in [1.807, 2.05) is 0 Å². The predicted molar refractivity (Wildman–Crippen MR) is 49.3 cm³/mol. The molecule has 0 bridgehead atoms. The summed E-state index contributed by atoms with van der Waals surface area (Å²) in [5.41, 5.74) is 0.237. The molecule has 0 radical (unpaired) electrons. The van der Waals surface area contributed by atoms with Crippen molar-refractivity contribution in [2.45, 2.75) is 6.16 Å². The molecular weight excluding hydrogens is 231 g/mol. The van der Waals surface area contributed by atoms with Crippen molar-refractivity contribution < 1.29 is 19.1 Å². The lowest BCUT2D eigenvalue weighted by Crippen LogP contribution is -1.98. The zero-order chi connectivity index (χ0) is 10.8. The van der Waals surface area contributed by atoms with Crippen LogP contribution in [0.3, 0.4) is 0 Å². The van der Waals surface area contributed by atoms with Crippen molar-refractivity contribution in [3.63, 3.8) is 0 Å². The highest BCUT2D eigenvalue weighted by Gasteiger charge is 2.18.